The normalized spacial score (nSPS) is 21.0. The maximum atomic E-state index is 13.9. The van der Waals surface area contributed by atoms with Crippen LogP contribution >= 0.6 is 0 Å². The average Bonchev–Trinajstić information content (AvgIpc) is 3.02. The summed E-state index contributed by atoms with van der Waals surface area (Å²) >= 11 is 0. The molecule has 0 aliphatic carbocycles. The molecule has 0 spiro atoms. The van der Waals surface area contributed by atoms with Crippen LogP contribution in [0.5, 0.6) is 0 Å². The molecular weight excluding hydrogens is 441 g/mol. The van der Waals surface area contributed by atoms with E-state index in [2.05, 4.69) is 0 Å². The number of carbonyl (C=O) groups is 1. The van der Waals surface area contributed by atoms with E-state index in [1.807, 2.05) is 58.0 Å². The van der Waals surface area contributed by atoms with E-state index in [9.17, 15) is 23.1 Å². The van der Waals surface area contributed by atoms with Gasteiger partial charge in [-0.3, -0.25) is 9.80 Å². The van der Waals surface area contributed by atoms with Gasteiger partial charge in [0.1, 0.15) is 0 Å². The van der Waals surface area contributed by atoms with Crippen LogP contribution in [-0.4, -0.2) is 17.2 Å². The lowest BCUT2D eigenvalue weighted by atomic mass is 9.86. The second kappa shape index (κ2) is 8.47. The molecule has 0 aromatic heterocycles. The Labute approximate surface area is 197 Å². The first-order chi connectivity index (χ1) is 15.9. The van der Waals surface area contributed by atoms with Gasteiger partial charge in [-0.2, -0.15) is 13.2 Å². The molecule has 4 rings (SSSR count). The molecule has 3 aromatic carbocycles. The Morgan fingerprint density at radius 1 is 0.882 bits per heavy atom. The number of alkyl halides is 3. The summed E-state index contributed by atoms with van der Waals surface area (Å²) in [6, 6.07) is 17.8. The lowest BCUT2D eigenvalue weighted by molar-refractivity contribution is -0.137. The molecule has 2 atom stereocenters. The molecule has 1 aliphatic rings. The monoisotopic (exact) mass is 468 g/mol. The molecule has 1 saturated heterocycles. The number of carbonyl (C=O) groups excluding carboxylic acids is 1. The predicted molar refractivity (Wildman–Crippen MR) is 127 cm³/mol. The number of nitrogens with zero attached hydrogens (tertiary/aromatic N) is 2. The van der Waals surface area contributed by atoms with Crippen LogP contribution in [0, 0.1) is 19.8 Å². The van der Waals surface area contributed by atoms with Gasteiger partial charge < -0.3 is 5.11 Å². The van der Waals surface area contributed by atoms with Crippen LogP contribution in [0.2, 0.25) is 0 Å². The standard InChI is InChI=1S/C27H27F3N2O2/c1-17(2)24-26(34,21-7-5-6-19(4)16-21)32(23-12-8-18(3)9-13-23)25(33)31(24)22-14-10-20(11-15-22)27(28,29)30/h5-17,24,34H,1-4H3/t24-,26?/m0/s1. The van der Waals surface area contributed by atoms with Crippen LogP contribution in [0.3, 0.4) is 0 Å². The number of halogens is 3. The molecule has 4 nitrogen and oxygen atoms in total. The van der Waals surface area contributed by atoms with Gasteiger partial charge in [-0.1, -0.05) is 61.4 Å². The van der Waals surface area contributed by atoms with Crippen molar-refractivity contribution in [3.05, 3.63) is 95.1 Å². The summed E-state index contributed by atoms with van der Waals surface area (Å²) in [5, 5.41) is 12.4. The first-order valence-corrected chi connectivity index (χ1v) is 11.1. The van der Waals surface area contributed by atoms with Gasteiger partial charge in [-0.25, -0.2) is 4.79 Å². The van der Waals surface area contributed by atoms with E-state index < -0.39 is 29.5 Å². The van der Waals surface area contributed by atoms with Gasteiger partial charge >= 0.3 is 12.2 Å². The number of benzene rings is 3. The number of aliphatic hydroxyl groups is 1. The Morgan fingerprint density at radius 2 is 1.47 bits per heavy atom. The maximum Gasteiger partial charge on any atom is 0.416 e. The third kappa shape index (κ3) is 3.94. The van der Waals surface area contributed by atoms with Crippen molar-refractivity contribution in [3.8, 4) is 0 Å². The van der Waals surface area contributed by atoms with E-state index in [0.29, 0.717) is 11.3 Å². The first kappa shape index (κ1) is 23.8. The number of urea groups is 1. The molecular formula is C27H27F3N2O2. The van der Waals surface area contributed by atoms with E-state index in [0.717, 1.165) is 23.3 Å². The Balaban J connectivity index is 1.93. The number of hydrogen-bond acceptors (Lipinski definition) is 2. The van der Waals surface area contributed by atoms with E-state index >= 15 is 0 Å². The summed E-state index contributed by atoms with van der Waals surface area (Å²) in [5.41, 5.74) is 0.682. The van der Waals surface area contributed by atoms with Crippen molar-refractivity contribution in [2.24, 2.45) is 5.92 Å². The van der Waals surface area contributed by atoms with Gasteiger partial charge in [0.05, 0.1) is 11.6 Å². The fourth-order valence-corrected chi connectivity index (χ4v) is 4.70. The second-order valence-corrected chi connectivity index (χ2v) is 9.15. The average molecular weight is 469 g/mol. The lowest BCUT2D eigenvalue weighted by Gasteiger charge is -2.39. The van der Waals surface area contributed by atoms with Crippen LogP contribution in [0.1, 0.15) is 36.1 Å². The largest absolute Gasteiger partial charge is 0.416 e. The molecule has 1 fully saturated rings. The Kier molecular flexibility index (Phi) is 5.94. The number of hydrogen-bond donors (Lipinski definition) is 1. The maximum absolute atomic E-state index is 13.9. The molecule has 0 saturated carbocycles. The van der Waals surface area contributed by atoms with Crippen LogP contribution < -0.4 is 9.80 Å². The topological polar surface area (TPSA) is 43.8 Å². The molecule has 7 heteroatoms. The lowest BCUT2D eigenvalue weighted by Crippen LogP contribution is -2.52. The van der Waals surface area contributed by atoms with E-state index in [1.54, 1.807) is 18.2 Å². The van der Waals surface area contributed by atoms with Gasteiger partial charge in [0, 0.05) is 16.9 Å². The Bertz CT molecular complexity index is 1190. The third-order valence-corrected chi connectivity index (χ3v) is 6.27. The fraction of sp³-hybridized carbons (Fsp3) is 0.296. The zero-order valence-electron chi connectivity index (χ0n) is 19.5. The SMILES string of the molecule is Cc1ccc(N2C(=O)N(c3ccc(C(F)(F)F)cc3)[C@@H](C(C)C)C2(O)c2cccc(C)c2)cc1. The summed E-state index contributed by atoms with van der Waals surface area (Å²) in [4.78, 5) is 16.7. The molecule has 1 aliphatic heterocycles. The molecule has 1 unspecified atom stereocenters. The van der Waals surface area contributed by atoms with Crippen molar-refractivity contribution in [2.45, 2.75) is 45.6 Å². The van der Waals surface area contributed by atoms with Crippen molar-refractivity contribution in [1.82, 2.24) is 0 Å². The molecule has 3 aromatic rings. The first-order valence-electron chi connectivity index (χ1n) is 11.1. The second-order valence-electron chi connectivity index (χ2n) is 9.15. The van der Waals surface area contributed by atoms with E-state index in [4.69, 9.17) is 0 Å². The zero-order chi connectivity index (χ0) is 24.8. The van der Waals surface area contributed by atoms with Gasteiger partial charge in [0.15, 0.2) is 5.72 Å². The minimum Gasteiger partial charge on any atom is -0.365 e. The quantitative estimate of drug-likeness (QED) is 0.467. The minimum absolute atomic E-state index is 0.229. The van der Waals surface area contributed by atoms with Crippen molar-refractivity contribution in [3.63, 3.8) is 0 Å². The Morgan fingerprint density at radius 3 is 2.00 bits per heavy atom. The Hall–Kier alpha value is -3.32. The summed E-state index contributed by atoms with van der Waals surface area (Å²) in [5.74, 6) is -0.229. The van der Waals surface area contributed by atoms with Crippen molar-refractivity contribution < 1.29 is 23.1 Å². The number of amides is 2. The highest BCUT2D eigenvalue weighted by molar-refractivity contribution is 6.08. The van der Waals surface area contributed by atoms with Crippen LogP contribution in [0.4, 0.5) is 29.3 Å². The van der Waals surface area contributed by atoms with Crippen molar-refractivity contribution in [2.75, 3.05) is 9.80 Å². The molecule has 0 bridgehead atoms. The predicted octanol–water partition coefficient (Wildman–Crippen LogP) is 6.64. The van der Waals surface area contributed by atoms with Gasteiger partial charge in [0.2, 0.25) is 0 Å². The highest BCUT2D eigenvalue weighted by Crippen LogP contribution is 2.47. The summed E-state index contributed by atoms with van der Waals surface area (Å²) < 4.78 is 39.4. The number of aryl methyl sites for hydroxylation is 2. The van der Waals surface area contributed by atoms with Gasteiger partial charge in [-0.15, -0.1) is 0 Å². The van der Waals surface area contributed by atoms with Crippen molar-refractivity contribution >= 4 is 17.4 Å². The molecule has 34 heavy (non-hydrogen) atoms. The van der Waals surface area contributed by atoms with E-state index in [-0.39, 0.29) is 11.6 Å². The minimum atomic E-state index is -4.48. The summed E-state index contributed by atoms with van der Waals surface area (Å²) in [6.45, 7) is 7.59. The molecule has 1 heterocycles. The highest BCUT2D eigenvalue weighted by atomic mass is 19.4. The number of anilines is 2. The summed E-state index contributed by atoms with van der Waals surface area (Å²) in [6.07, 6.45) is -4.48. The van der Waals surface area contributed by atoms with Gasteiger partial charge in [0.25, 0.3) is 0 Å². The van der Waals surface area contributed by atoms with E-state index in [1.165, 1.54) is 21.9 Å². The smallest absolute Gasteiger partial charge is 0.365 e. The van der Waals surface area contributed by atoms with Crippen molar-refractivity contribution in [1.29, 1.82) is 0 Å². The van der Waals surface area contributed by atoms with Crippen LogP contribution in [0.15, 0.2) is 72.8 Å². The third-order valence-electron chi connectivity index (χ3n) is 6.27. The van der Waals surface area contributed by atoms with Crippen LogP contribution in [-0.2, 0) is 11.9 Å². The molecule has 0 radical (unpaired) electrons. The summed E-state index contributed by atoms with van der Waals surface area (Å²) in [7, 11) is 0. The fourth-order valence-electron chi connectivity index (χ4n) is 4.70. The highest BCUT2D eigenvalue weighted by Gasteiger charge is 2.59. The number of rotatable bonds is 4. The molecule has 1 N–H and O–H groups in total. The molecule has 2 amide bonds. The van der Waals surface area contributed by atoms with Crippen LogP contribution in [0.25, 0.3) is 0 Å². The van der Waals surface area contributed by atoms with Gasteiger partial charge in [-0.05, 0) is 56.2 Å². The zero-order valence-corrected chi connectivity index (χ0v) is 19.5. The molecule has 178 valence electrons.